The minimum Gasteiger partial charge on any atom is -0.478 e. The molecule has 0 spiro atoms. The number of nitrogens with one attached hydrogen (secondary N) is 1. The predicted octanol–water partition coefficient (Wildman–Crippen LogP) is 2.72. The highest BCUT2D eigenvalue weighted by molar-refractivity contribution is 9.10. The van der Waals surface area contributed by atoms with Gasteiger partial charge in [0.25, 0.3) is 0 Å². The van der Waals surface area contributed by atoms with Crippen LogP contribution in [0.15, 0.2) is 22.7 Å². The molecule has 5 heteroatoms. The molecule has 17 heavy (non-hydrogen) atoms. The van der Waals surface area contributed by atoms with Gasteiger partial charge in [-0.15, -0.1) is 0 Å². The molecule has 0 aliphatic carbocycles. The van der Waals surface area contributed by atoms with Gasteiger partial charge in [-0.1, -0.05) is 0 Å². The van der Waals surface area contributed by atoms with Crippen LogP contribution in [-0.2, 0) is 0 Å². The van der Waals surface area contributed by atoms with Gasteiger partial charge in [0.15, 0.2) is 0 Å². The molecule has 0 radical (unpaired) electrons. The van der Waals surface area contributed by atoms with E-state index in [0.717, 1.165) is 23.0 Å². The first kappa shape index (κ1) is 14.0. The number of rotatable bonds is 6. The lowest BCUT2D eigenvalue weighted by Gasteiger charge is -2.16. The van der Waals surface area contributed by atoms with E-state index in [4.69, 9.17) is 10.2 Å². The fourth-order valence-electron chi connectivity index (χ4n) is 1.50. The minimum atomic E-state index is -0.939. The van der Waals surface area contributed by atoms with Crippen molar-refractivity contribution in [3.8, 4) is 0 Å². The van der Waals surface area contributed by atoms with Crippen LogP contribution in [-0.4, -0.2) is 28.8 Å². The molecule has 0 heterocycles. The van der Waals surface area contributed by atoms with Gasteiger partial charge in [-0.25, -0.2) is 4.79 Å². The van der Waals surface area contributed by atoms with E-state index < -0.39 is 5.97 Å². The normalized spacial score (nSPS) is 12.2. The SMILES string of the molecule is CC(CCCO)Nc1ccc(C(=O)O)cc1Br. The maximum Gasteiger partial charge on any atom is 0.335 e. The van der Waals surface area contributed by atoms with E-state index in [0.29, 0.717) is 0 Å². The molecule has 0 saturated carbocycles. The number of anilines is 1. The van der Waals surface area contributed by atoms with Crippen molar-refractivity contribution in [2.75, 3.05) is 11.9 Å². The molecule has 0 aromatic heterocycles. The standard InChI is InChI=1S/C12H16BrNO3/c1-8(3-2-6-15)14-11-5-4-9(12(16)17)7-10(11)13/h4-5,7-8,14-15H,2-3,6H2,1H3,(H,16,17). The number of carbonyl (C=O) groups is 1. The van der Waals surface area contributed by atoms with Gasteiger partial charge in [0.05, 0.1) is 5.56 Å². The third-order valence-electron chi connectivity index (χ3n) is 2.41. The minimum absolute atomic E-state index is 0.186. The summed E-state index contributed by atoms with van der Waals surface area (Å²) in [6, 6.07) is 5.11. The number of hydrogen-bond acceptors (Lipinski definition) is 3. The van der Waals surface area contributed by atoms with Crippen molar-refractivity contribution in [2.45, 2.75) is 25.8 Å². The van der Waals surface area contributed by atoms with E-state index in [9.17, 15) is 4.79 Å². The second-order valence-electron chi connectivity index (χ2n) is 3.91. The Bertz CT molecular complexity index is 395. The molecule has 0 fully saturated rings. The molecule has 1 atom stereocenters. The number of hydrogen-bond donors (Lipinski definition) is 3. The van der Waals surface area contributed by atoms with E-state index in [1.807, 2.05) is 6.92 Å². The first-order chi connectivity index (χ1) is 8.04. The largest absolute Gasteiger partial charge is 0.478 e. The second kappa shape index (κ2) is 6.61. The average molecular weight is 302 g/mol. The molecule has 0 saturated heterocycles. The van der Waals surface area contributed by atoms with Crippen LogP contribution in [0.1, 0.15) is 30.1 Å². The maximum absolute atomic E-state index is 10.8. The molecule has 4 nitrogen and oxygen atoms in total. The van der Waals surface area contributed by atoms with Crippen LogP contribution < -0.4 is 5.32 Å². The van der Waals surface area contributed by atoms with E-state index in [-0.39, 0.29) is 18.2 Å². The highest BCUT2D eigenvalue weighted by Gasteiger charge is 2.08. The summed E-state index contributed by atoms with van der Waals surface area (Å²) in [6.07, 6.45) is 1.61. The number of aliphatic hydroxyl groups is 1. The van der Waals surface area contributed by atoms with Crippen LogP contribution in [0.2, 0.25) is 0 Å². The highest BCUT2D eigenvalue weighted by Crippen LogP contribution is 2.24. The molecular formula is C12H16BrNO3. The Morgan fingerprint density at radius 3 is 2.76 bits per heavy atom. The van der Waals surface area contributed by atoms with Crippen molar-refractivity contribution in [2.24, 2.45) is 0 Å². The van der Waals surface area contributed by atoms with E-state index in [2.05, 4.69) is 21.2 Å². The lowest BCUT2D eigenvalue weighted by molar-refractivity contribution is 0.0697. The Morgan fingerprint density at radius 1 is 1.53 bits per heavy atom. The predicted molar refractivity (Wildman–Crippen MR) is 70.5 cm³/mol. The monoisotopic (exact) mass is 301 g/mol. The number of carboxylic acids is 1. The van der Waals surface area contributed by atoms with E-state index in [1.54, 1.807) is 18.2 Å². The van der Waals surface area contributed by atoms with Gasteiger partial charge >= 0.3 is 5.97 Å². The fourth-order valence-corrected chi connectivity index (χ4v) is 1.99. The third-order valence-corrected chi connectivity index (χ3v) is 3.07. The zero-order valence-corrected chi connectivity index (χ0v) is 11.2. The third kappa shape index (κ3) is 4.36. The Labute approximate surface area is 109 Å². The summed E-state index contributed by atoms with van der Waals surface area (Å²) in [7, 11) is 0. The van der Waals surface area contributed by atoms with Crippen LogP contribution in [0.4, 0.5) is 5.69 Å². The maximum atomic E-state index is 10.8. The van der Waals surface area contributed by atoms with E-state index in [1.165, 1.54) is 0 Å². The number of benzene rings is 1. The lowest BCUT2D eigenvalue weighted by Crippen LogP contribution is -2.16. The zero-order chi connectivity index (χ0) is 12.8. The summed E-state index contributed by atoms with van der Waals surface area (Å²) in [6.45, 7) is 2.21. The van der Waals surface area contributed by atoms with Gasteiger partial charge in [-0.05, 0) is 53.9 Å². The molecule has 1 aromatic rings. The molecule has 94 valence electrons. The van der Waals surface area contributed by atoms with Crippen LogP contribution in [0.25, 0.3) is 0 Å². The summed E-state index contributed by atoms with van der Waals surface area (Å²) in [4.78, 5) is 10.8. The molecule has 0 bridgehead atoms. The molecule has 1 rings (SSSR count). The number of halogens is 1. The number of aliphatic hydroxyl groups excluding tert-OH is 1. The summed E-state index contributed by atoms with van der Waals surface area (Å²) < 4.78 is 0.730. The van der Waals surface area contributed by atoms with Crippen molar-refractivity contribution in [1.29, 1.82) is 0 Å². The van der Waals surface area contributed by atoms with E-state index >= 15 is 0 Å². The molecular weight excluding hydrogens is 286 g/mol. The summed E-state index contributed by atoms with van der Waals surface area (Å²) >= 11 is 3.34. The summed E-state index contributed by atoms with van der Waals surface area (Å²) in [5, 5.41) is 20.8. The van der Waals surface area contributed by atoms with Crippen LogP contribution in [0.5, 0.6) is 0 Å². The second-order valence-corrected chi connectivity index (χ2v) is 4.77. The molecule has 1 unspecified atom stereocenters. The van der Waals surface area contributed by atoms with Crippen molar-refractivity contribution >= 4 is 27.6 Å². The molecule has 0 amide bonds. The number of carboxylic acid groups (broad SMARTS) is 1. The van der Waals surface area contributed by atoms with Crippen molar-refractivity contribution < 1.29 is 15.0 Å². The quantitative estimate of drug-likeness (QED) is 0.755. The van der Waals surface area contributed by atoms with Gasteiger partial charge < -0.3 is 15.5 Å². The first-order valence-electron chi connectivity index (χ1n) is 5.45. The highest BCUT2D eigenvalue weighted by atomic mass is 79.9. The smallest absolute Gasteiger partial charge is 0.335 e. The number of aromatic carboxylic acids is 1. The van der Waals surface area contributed by atoms with Gasteiger partial charge in [-0.2, -0.15) is 0 Å². The summed E-state index contributed by atoms with van der Waals surface area (Å²) in [5.74, 6) is -0.939. The Hall–Kier alpha value is -1.07. The molecule has 0 aliphatic heterocycles. The molecule has 1 aromatic carbocycles. The lowest BCUT2D eigenvalue weighted by atomic mass is 10.1. The Morgan fingerprint density at radius 2 is 2.24 bits per heavy atom. The van der Waals surface area contributed by atoms with Gasteiger partial charge in [0.1, 0.15) is 0 Å². The van der Waals surface area contributed by atoms with Gasteiger partial charge in [0.2, 0.25) is 0 Å². The fraction of sp³-hybridized carbons (Fsp3) is 0.417. The molecule has 3 N–H and O–H groups in total. The van der Waals surface area contributed by atoms with Crippen molar-refractivity contribution in [3.63, 3.8) is 0 Å². The topological polar surface area (TPSA) is 69.6 Å². The zero-order valence-electron chi connectivity index (χ0n) is 9.61. The van der Waals surface area contributed by atoms with Crippen LogP contribution in [0, 0.1) is 0 Å². The van der Waals surface area contributed by atoms with Gasteiger partial charge in [-0.3, -0.25) is 0 Å². The summed E-state index contributed by atoms with van der Waals surface area (Å²) in [5.41, 5.74) is 1.12. The van der Waals surface area contributed by atoms with Gasteiger partial charge in [0, 0.05) is 22.8 Å². The van der Waals surface area contributed by atoms with Crippen molar-refractivity contribution in [1.82, 2.24) is 0 Å². The van der Waals surface area contributed by atoms with Crippen LogP contribution >= 0.6 is 15.9 Å². The molecule has 0 aliphatic rings. The Balaban J connectivity index is 2.69. The average Bonchev–Trinajstić information content (AvgIpc) is 2.28. The van der Waals surface area contributed by atoms with Crippen LogP contribution in [0.3, 0.4) is 0 Å². The first-order valence-corrected chi connectivity index (χ1v) is 6.24. The van der Waals surface area contributed by atoms with Crippen molar-refractivity contribution in [3.05, 3.63) is 28.2 Å². The Kier molecular flexibility index (Phi) is 5.44.